The summed E-state index contributed by atoms with van der Waals surface area (Å²) in [5.74, 6) is 0.201. The second kappa shape index (κ2) is 11.0. The summed E-state index contributed by atoms with van der Waals surface area (Å²) in [6.07, 6.45) is 1.47. The summed E-state index contributed by atoms with van der Waals surface area (Å²) in [5, 5.41) is 8.31. The second-order valence-corrected chi connectivity index (χ2v) is 6.57. The number of hydrogen-bond acceptors (Lipinski definition) is 4. The number of rotatable bonds is 11. The summed E-state index contributed by atoms with van der Waals surface area (Å²) in [5.41, 5.74) is 5.01. The number of hydrogen-bond donors (Lipinski definition) is 4. The molecule has 0 spiro atoms. The Bertz CT molecular complexity index is 397. The van der Waals surface area contributed by atoms with Gasteiger partial charge in [-0.3, -0.25) is 9.59 Å². The van der Waals surface area contributed by atoms with Gasteiger partial charge in [-0.25, -0.2) is 4.79 Å². The lowest BCUT2D eigenvalue weighted by molar-refractivity contribution is -0.130. The van der Waals surface area contributed by atoms with Crippen LogP contribution >= 0.6 is 0 Å². The van der Waals surface area contributed by atoms with Gasteiger partial charge in [0.15, 0.2) is 5.78 Å². The minimum Gasteiger partial charge on any atom is -0.352 e. The monoisotopic (exact) mass is 328 g/mol. The molecule has 0 saturated heterocycles. The molecule has 2 atom stereocenters. The highest BCUT2D eigenvalue weighted by atomic mass is 16.2. The van der Waals surface area contributed by atoms with Crippen LogP contribution in [0.15, 0.2) is 0 Å². The molecule has 0 aliphatic rings. The molecule has 0 heterocycles. The van der Waals surface area contributed by atoms with Gasteiger partial charge in [0, 0.05) is 13.0 Å². The van der Waals surface area contributed by atoms with Gasteiger partial charge in [0.2, 0.25) is 5.91 Å². The standard InChI is InChI=1S/C16H32N4O3/c1-10(2)9-13(21)12(7-6-8-19-16(17)23)20-15(22)14(18-5)11(3)4/h10-12,14,18H,6-9H2,1-5H3,(H,20,22)(H3,17,19,23). The molecule has 3 amide bonds. The Kier molecular flexibility index (Phi) is 10.2. The molecule has 0 radical (unpaired) electrons. The van der Waals surface area contributed by atoms with Crippen LogP contribution in [0, 0.1) is 11.8 Å². The summed E-state index contributed by atoms with van der Waals surface area (Å²) < 4.78 is 0. The van der Waals surface area contributed by atoms with Crippen LogP contribution in [0.3, 0.4) is 0 Å². The van der Waals surface area contributed by atoms with Crippen LogP contribution in [-0.2, 0) is 9.59 Å². The summed E-state index contributed by atoms with van der Waals surface area (Å²) in [6, 6.07) is -1.46. The topological polar surface area (TPSA) is 113 Å². The maximum absolute atomic E-state index is 12.4. The maximum Gasteiger partial charge on any atom is 0.312 e. The van der Waals surface area contributed by atoms with Crippen molar-refractivity contribution in [1.29, 1.82) is 0 Å². The van der Waals surface area contributed by atoms with Crippen LogP contribution in [0.25, 0.3) is 0 Å². The maximum atomic E-state index is 12.4. The van der Waals surface area contributed by atoms with Gasteiger partial charge in [0.25, 0.3) is 0 Å². The number of primary amides is 1. The molecule has 0 aliphatic carbocycles. The molecule has 0 aromatic rings. The molecule has 7 nitrogen and oxygen atoms in total. The SMILES string of the molecule is CNC(C(=O)NC(CCCNC(N)=O)C(=O)CC(C)C)C(C)C. The van der Waals surface area contributed by atoms with Gasteiger partial charge in [0.05, 0.1) is 12.1 Å². The Hall–Kier alpha value is -1.63. The Labute approximate surface area is 139 Å². The molecule has 23 heavy (non-hydrogen) atoms. The van der Waals surface area contributed by atoms with Crippen molar-refractivity contribution in [3.05, 3.63) is 0 Å². The quantitative estimate of drug-likeness (QED) is 0.420. The lowest BCUT2D eigenvalue weighted by atomic mass is 9.97. The van der Waals surface area contributed by atoms with E-state index in [-0.39, 0.29) is 29.6 Å². The summed E-state index contributed by atoms with van der Waals surface area (Å²) >= 11 is 0. The van der Waals surface area contributed by atoms with Gasteiger partial charge in [-0.05, 0) is 31.7 Å². The Morgan fingerprint density at radius 1 is 1.09 bits per heavy atom. The molecule has 0 saturated carbocycles. The number of Topliss-reactive ketones (excluding diaryl/α,β-unsaturated/α-hetero) is 1. The molecule has 2 unspecified atom stereocenters. The van der Waals surface area contributed by atoms with Crippen molar-refractivity contribution in [2.75, 3.05) is 13.6 Å². The van der Waals surface area contributed by atoms with Crippen molar-refractivity contribution in [2.45, 2.75) is 59.0 Å². The highest BCUT2D eigenvalue weighted by Gasteiger charge is 2.26. The number of likely N-dealkylation sites (N-methyl/N-ethyl adjacent to an activating group) is 1. The predicted octanol–water partition coefficient (Wildman–Crippen LogP) is 0.779. The molecule has 7 heteroatoms. The van der Waals surface area contributed by atoms with Crippen LogP contribution in [0.4, 0.5) is 4.79 Å². The van der Waals surface area contributed by atoms with Crippen molar-refractivity contribution < 1.29 is 14.4 Å². The highest BCUT2D eigenvalue weighted by Crippen LogP contribution is 2.09. The van der Waals surface area contributed by atoms with Crippen LogP contribution in [-0.4, -0.2) is 43.4 Å². The minimum atomic E-state index is -0.589. The first-order valence-corrected chi connectivity index (χ1v) is 8.22. The van der Waals surface area contributed by atoms with Crippen molar-refractivity contribution in [3.63, 3.8) is 0 Å². The number of nitrogens with two attached hydrogens (primary N) is 1. The van der Waals surface area contributed by atoms with E-state index >= 15 is 0 Å². The zero-order chi connectivity index (χ0) is 18.0. The molecule has 0 aromatic heterocycles. The van der Waals surface area contributed by atoms with Crippen molar-refractivity contribution >= 4 is 17.7 Å². The summed E-state index contributed by atoms with van der Waals surface area (Å²) in [6.45, 7) is 8.22. The fourth-order valence-corrected chi connectivity index (χ4v) is 2.40. The summed E-state index contributed by atoms with van der Waals surface area (Å²) in [7, 11) is 1.73. The molecule has 134 valence electrons. The van der Waals surface area contributed by atoms with Gasteiger partial charge >= 0.3 is 6.03 Å². The van der Waals surface area contributed by atoms with Crippen LogP contribution in [0.5, 0.6) is 0 Å². The molecule has 5 N–H and O–H groups in total. The van der Waals surface area contributed by atoms with E-state index in [1.54, 1.807) is 7.05 Å². The Morgan fingerprint density at radius 3 is 2.13 bits per heavy atom. The third kappa shape index (κ3) is 9.18. The van der Waals surface area contributed by atoms with E-state index in [4.69, 9.17) is 5.73 Å². The van der Waals surface area contributed by atoms with Crippen molar-refractivity contribution in [1.82, 2.24) is 16.0 Å². The van der Waals surface area contributed by atoms with Crippen LogP contribution in [0.2, 0.25) is 0 Å². The first kappa shape index (κ1) is 21.4. The number of carbonyl (C=O) groups excluding carboxylic acids is 3. The lowest BCUT2D eigenvalue weighted by Gasteiger charge is -2.24. The van der Waals surface area contributed by atoms with Crippen molar-refractivity contribution in [2.24, 2.45) is 17.6 Å². The number of urea groups is 1. The van der Waals surface area contributed by atoms with Gasteiger partial charge in [-0.1, -0.05) is 27.7 Å². The Balaban J connectivity index is 4.73. The molecule has 0 bridgehead atoms. The number of ketones is 1. The van der Waals surface area contributed by atoms with E-state index in [0.29, 0.717) is 25.8 Å². The first-order valence-electron chi connectivity index (χ1n) is 8.22. The molecule has 0 aliphatic heterocycles. The van der Waals surface area contributed by atoms with E-state index in [0.717, 1.165) is 0 Å². The van der Waals surface area contributed by atoms with Crippen molar-refractivity contribution in [3.8, 4) is 0 Å². The van der Waals surface area contributed by atoms with E-state index in [1.807, 2.05) is 27.7 Å². The van der Waals surface area contributed by atoms with Gasteiger partial charge in [0.1, 0.15) is 0 Å². The second-order valence-electron chi connectivity index (χ2n) is 6.57. The average Bonchev–Trinajstić information content (AvgIpc) is 2.41. The Morgan fingerprint density at radius 2 is 1.70 bits per heavy atom. The highest BCUT2D eigenvalue weighted by molar-refractivity contribution is 5.91. The largest absolute Gasteiger partial charge is 0.352 e. The van der Waals surface area contributed by atoms with Gasteiger partial charge < -0.3 is 21.7 Å². The zero-order valence-electron chi connectivity index (χ0n) is 14.9. The fourth-order valence-electron chi connectivity index (χ4n) is 2.40. The average molecular weight is 328 g/mol. The number of amides is 3. The third-order valence-electron chi connectivity index (χ3n) is 3.54. The molecule has 0 rings (SSSR count). The molecular weight excluding hydrogens is 296 g/mol. The molecule has 0 aromatic carbocycles. The smallest absolute Gasteiger partial charge is 0.312 e. The predicted molar refractivity (Wildman–Crippen MR) is 90.9 cm³/mol. The first-order chi connectivity index (χ1) is 10.7. The molecular formula is C16H32N4O3. The fraction of sp³-hybridized carbons (Fsp3) is 0.812. The molecule has 0 fully saturated rings. The van der Waals surface area contributed by atoms with E-state index < -0.39 is 12.1 Å². The van der Waals surface area contributed by atoms with E-state index in [1.165, 1.54) is 0 Å². The minimum absolute atomic E-state index is 0.0195. The normalized spacial score (nSPS) is 13.7. The van der Waals surface area contributed by atoms with Gasteiger partial charge in [-0.2, -0.15) is 0 Å². The van der Waals surface area contributed by atoms with E-state index in [2.05, 4.69) is 16.0 Å². The summed E-state index contributed by atoms with van der Waals surface area (Å²) in [4.78, 5) is 35.4. The number of nitrogens with one attached hydrogen (secondary N) is 3. The van der Waals surface area contributed by atoms with E-state index in [9.17, 15) is 14.4 Å². The number of carbonyl (C=O) groups is 3. The van der Waals surface area contributed by atoms with Crippen LogP contribution < -0.4 is 21.7 Å². The third-order valence-corrected chi connectivity index (χ3v) is 3.54. The van der Waals surface area contributed by atoms with Crippen LogP contribution in [0.1, 0.15) is 47.0 Å². The van der Waals surface area contributed by atoms with Gasteiger partial charge in [-0.15, -0.1) is 0 Å². The zero-order valence-corrected chi connectivity index (χ0v) is 14.9. The lowest BCUT2D eigenvalue weighted by Crippen LogP contribution is -2.51.